The zero-order chi connectivity index (χ0) is 22.9. The van der Waals surface area contributed by atoms with Gasteiger partial charge in [0.05, 0.1) is 6.54 Å². The van der Waals surface area contributed by atoms with E-state index in [0.717, 1.165) is 42.7 Å². The number of piperidine rings is 1. The van der Waals surface area contributed by atoms with E-state index in [1.165, 1.54) is 0 Å². The standard InChI is InChI=1S/C28H31N3O2/c32-27(20-26(22-10-4-1-5-11-22)23-12-6-2-7-13-23)29-25-16-18-31(19-17-25)21-28(33)30-24-14-8-3-9-15-24/h1-15,25-26H,16-21H2,(H,29,32)(H,30,33). The lowest BCUT2D eigenvalue weighted by Crippen LogP contribution is -2.46. The van der Waals surface area contributed by atoms with Gasteiger partial charge in [0.2, 0.25) is 11.8 Å². The second kappa shape index (κ2) is 11.4. The average molecular weight is 442 g/mol. The SMILES string of the molecule is O=C(CN1CCC(NC(=O)CC(c2ccccc2)c2ccccc2)CC1)Nc1ccccc1. The molecule has 0 aromatic heterocycles. The van der Waals surface area contributed by atoms with Gasteiger partial charge in [0.25, 0.3) is 0 Å². The Bertz CT molecular complexity index is 977. The minimum absolute atomic E-state index is 0.00255. The van der Waals surface area contributed by atoms with Gasteiger partial charge >= 0.3 is 0 Å². The first-order valence-electron chi connectivity index (χ1n) is 11.6. The molecule has 1 aliphatic heterocycles. The van der Waals surface area contributed by atoms with E-state index in [4.69, 9.17) is 0 Å². The minimum Gasteiger partial charge on any atom is -0.353 e. The van der Waals surface area contributed by atoms with Crippen molar-refractivity contribution in [1.82, 2.24) is 10.2 Å². The van der Waals surface area contributed by atoms with Crippen molar-refractivity contribution in [3.8, 4) is 0 Å². The number of hydrogen-bond donors (Lipinski definition) is 2. The molecule has 0 atom stereocenters. The van der Waals surface area contributed by atoms with Crippen molar-refractivity contribution in [2.24, 2.45) is 0 Å². The molecule has 3 aromatic rings. The second-order valence-electron chi connectivity index (χ2n) is 8.61. The maximum atomic E-state index is 12.9. The number of para-hydroxylation sites is 1. The van der Waals surface area contributed by atoms with Crippen LogP contribution in [0.1, 0.15) is 36.3 Å². The third kappa shape index (κ3) is 6.77. The quantitative estimate of drug-likeness (QED) is 0.544. The summed E-state index contributed by atoms with van der Waals surface area (Å²) in [6.45, 7) is 1.97. The van der Waals surface area contributed by atoms with Crippen LogP contribution >= 0.6 is 0 Å². The molecule has 0 spiro atoms. The van der Waals surface area contributed by atoms with Crippen LogP contribution in [0.2, 0.25) is 0 Å². The highest BCUT2D eigenvalue weighted by atomic mass is 16.2. The van der Waals surface area contributed by atoms with Crippen LogP contribution in [0.15, 0.2) is 91.0 Å². The normalized spacial score (nSPS) is 14.7. The summed E-state index contributed by atoms with van der Waals surface area (Å²) in [5.74, 6) is 0.111. The molecule has 1 heterocycles. The van der Waals surface area contributed by atoms with Crippen LogP contribution in [0.5, 0.6) is 0 Å². The number of carbonyl (C=O) groups excluding carboxylic acids is 2. The topological polar surface area (TPSA) is 61.4 Å². The van der Waals surface area contributed by atoms with Crippen molar-refractivity contribution in [1.29, 1.82) is 0 Å². The monoisotopic (exact) mass is 441 g/mol. The van der Waals surface area contributed by atoms with Crippen LogP contribution in [0.4, 0.5) is 5.69 Å². The highest BCUT2D eigenvalue weighted by molar-refractivity contribution is 5.92. The van der Waals surface area contributed by atoms with Gasteiger partial charge in [-0.05, 0) is 36.1 Å². The summed E-state index contributed by atoms with van der Waals surface area (Å²) < 4.78 is 0. The Labute approximate surface area is 195 Å². The summed E-state index contributed by atoms with van der Waals surface area (Å²) in [5.41, 5.74) is 3.12. The Balaban J connectivity index is 1.26. The molecule has 0 radical (unpaired) electrons. The Morgan fingerprint density at radius 2 is 1.27 bits per heavy atom. The molecule has 2 N–H and O–H groups in total. The summed E-state index contributed by atoms with van der Waals surface area (Å²) in [6.07, 6.45) is 2.13. The predicted molar refractivity (Wildman–Crippen MR) is 132 cm³/mol. The maximum absolute atomic E-state index is 12.9. The first-order valence-corrected chi connectivity index (χ1v) is 11.6. The molecule has 2 amide bonds. The third-order valence-corrected chi connectivity index (χ3v) is 6.17. The van der Waals surface area contributed by atoms with Crippen molar-refractivity contribution in [3.63, 3.8) is 0 Å². The van der Waals surface area contributed by atoms with Gasteiger partial charge in [-0.1, -0.05) is 78.9 Å². The lowest BCUT2D eigenvalue weighted by Gasteiger charge is -2.32. The van der Waals surface area contributed by atoms with Crippen molar-refractivity contribution < 1.29 is 9.59 Å². The molecule has 1 aliphatic rings. The van der Waals surface area contributed by atoms with E-state index in [2.05, 4.69) is 39.8 Å². The van der Waals surface area contributed by atoms with E-state index in [1.807, 2.05) is 66.7 Å². The van der Waals surface area contributed by atoms with Crippen LogP contribution in [-0.4, -0.2) is 42.4 Å². The Hall–Kier alpha value is -3.44. The Morgan fingerprint density at radius 3 is 1.82 bits per heavy atom. The zero-order valence-corrected chi connectivity index (χ0v) is 18.8. The first-order chi connectivity index (χ1) is 16.2. The summed E-state index contributed by atoms with van der Waals surface area (Å²) in [7, 11) is 0. The fourth-order valence-corrected chi connectivity index (χ4v) is 4.43. The lowest BCUT2D eigenvalue weighted by molar-refractivity contribution is -0.123. The number of nitrogens with one attached hydrogen (secondary N) is 2. The van der Waals surface area contributed by atoms with Crippen molar-refractivity contribution in [2.75, 3.05) is 25.0 Å². The molecule has 170 valence electrons. The van der Waals surface area contributed by atoms with Gasteiger partial charge in [0.15, 0.2) is 0 Å². The molecule has 33 heavy (non-hydrogen) atoms. The molecular weight excluding hydrogens is 410 g/mol. The van der Waals surface area contributed by atoms with Gasteiger partial charge in [-0.2, -0.15) is 0 Å². The predicted octanol–water partition coefficient (Wildman–Crippen LogP) is 4.43. The van der Waals surface area contributed by atoms with E-state index in [-0.39, 0.29) is 23.8 Å². The Kier molecular flexibility index (Phi) is 7.88. The average Bonchev–Trinajstić information content (AvgIpc) is 2.85. The molecule has 0 saturated carbocycles. The molecule has 1 fully saturated rings. The highest BCUT2D eigenvalue weighted by Gasteiger charge is 2.24. The van der Waals surface area contributed by atoms with Gasteiger partial charge in [0.1, 0.15) is 0 Å². The fourth-order valence-electron chi connectivity index (χ4n) is 4.43. The molecule has 0 aliphatic carbocycles. The lowest BCUT2D eigenvalue weighted by atomic mass is 9.88. The summed E-state index contributed by atoms with van der Waals surface area (Å²) in [6, 6.07) is 30.1. The van der Waals surface area contributed by atoms with Gasteiger partial charge < -0.3 is 10.6 Å². The molecule has 5 nitrogen and oxygen atoms in total. The number of nitrogens with zero attached hydrogens (tertiary/aromatic N) is 1. The number of rotatable bonds is 8. The van der Waals surface area contributed by atoms with Crippen LogP contribution in [0, 0.1) is 0 Å². The molecular formula is C28H31N3O2. The van der Waals surface area contributed by atoms with Crippen molar-refractivity contribution in [3.05, 3.63) is 102 Å². The minimum atomic E-state index is -0.00255. The molecule has 4 rings (SSSR count). The van der Waals surface area contributed by atoms with Crippen LogP contribution < -0.4 is 10.6 Å². The van der Waals surface area contributed by atoms with Crippen LogP contribution in [-0.2, 0) is 9.59 Å². The summed E-state index contributed by atoms with van der Waals surface area (Å²) in [5, 5.41) is 6.17. The molecule has 3 aromatic carbocycles. The van der Waals surface area contributed by atoms with E-state index < -0.39 is 0 Å². The second-order valence-corrected chi connectivity index (χ2v) is 8.61. The van der Waals surface area contributed by atoms with E-state index >= 15 is 0 Å². The van der Waals surface area contributed by atoms with E-state index in [0.29, 0.717) is 13.0 Å². The number of amides is 2. The number of hydrogen-bond acceptors (Lipinski definition) is 3. The zero-order valence-electron chi connectivity index (χ0n) is 18.8. The fraction of sp³-hybridized carbons (Fsp3) is 0.286. The maximum Gasteiger partial charge on any atom is 0.238 e. The van der Waals surface area contributed by atoms with Crippen LogP contribution in [0.3, 0.4) is 0 Å². The molecule has 5 heteroatoms. The van der Waals surface area contributed by atoms with Gasteiger partial charge in [0, 0.05) is 37.2 Å². The number of anilines is 1. The van der Waals surface area contributed by atoms with Gasteiger partial charge in [-0.25, -0.2) is 0 Å². The smallest absolute Gasteiger partial charge is 0.238 e. The molecule has 0 bridgehead atoms. The van der Waals surface area contributed by atoms with Gasteiger partial charge in [-0.3, -0.25) is 14.5 Å². The number of carbonyl (C=O) groups is 2. The van der Waals surface area contributed by atoms with Crippen LogP contribution in [0.25, 0.3) is 0 Å². The molecule has 0 unspecified atom stereocenters. The number of benzene rings is 3. The van der Waals surface area contributed by atoms with Crippen molar-refractivity contribution in [2.45, 2.75) is 31.2 Å². The number of likely N-dealkylation sites (tertiary alicyclic amines) is 1. The summed E-state index contributed by atoms with van der Waals surface area (Å²) >= 11 is 0. The van der Waals surface area contributed by atoms with E-state index in [1.54, 1.807) is 0 Å². The van der Waals surface area contributed by atoms with Gasteiger partial charge in [-0.15, -0.1) is 0 Å². The third-order valence-electron chi connectivity index (χ3n) is 6.17. The highest BCUT2D eigenvalue weighted by Crippen LogP contribution is 2.28. The summed E-state index contributed by atoms with van der Waals surface area (Å²) in [4.78, 5) is 27.4. The Morgan fingerprint density at radius 1 is 0.758 bits per heavy atom. The van der Waals surface area contributed by atoms with Crippen molar-refractivity contribution >= 4 is 17.5 Å². The van der Waals surface area contributed by atoms with E-state index in [9.17, 15) is 9.59 Å². The first kappa shape index (κ1) is 22.7. The molecule has 1 saturated heterocycles. The largest absolute Gasteiger partial charge is 0.353 e.